The van der Waals surface area contributed by atoms with Crippen LogP contribution in [0, 0.1) is 0 Å². The molecule has 25 heavy (non-hydrogen) atoms. The van der Waals surface area contributed by atoms with E-state index in [1.807, 2.05) is 7.05 Å². The number of oxazole rings is 1. The number of aliphatic imine (C=N–C) groups is 1. The van der Waals surface area contributed by atoms with Crippen molar-refractivity contribution in [3.63, 3.8) is 0 Å². The predicted molar refractivity (Wildman–Crippen MR) is 105 cm³/mol. The molecule has 0 amide bonds. The molecular weight excluding hydrogens is 332 g/mol. The Morgan fingerprint density at radius 1 is 1.28 bits per heavy atom. The summed E-state index contributed by atoms with van der Waals surface area (Å²) in [5, 5.41) is 3.31. The Hall–Kier alpha value is -1.95. The molecule has 1 N–H and O–H groups in total. The quantitative estimate of drug-likeness (QED) is 0.498. The van der Waals surface area contributed by atoms with Gasteiger partial charge in [0, 0.05) is 31.0 Å². The molecule has 0 fully saturated rings. The Morgan fingerprint density at radius 3 is 2.48 bits per heavy atom. The Morgan fingerprint density at radius 2 is 1.96 bits per heavy atom. The van der Waals surface area contributed by atoms with Gasteiger partial charge in [-0.05, 0) is 24.0 Å². The van der Waals surface area contributed by atoms with Crippen molar-refractivity contribution in [1.29, 1.82) is 0 Å². The van der Waals surface area contributed by atoms with Gasteiger partial charge in [-0.25, -0.2) is 4.98 Å². The minimum Gasteiger partial charge on any atom is -0.443 e. The van der Waals surface area contributed by atoms with Crippen LogP contribution < -0.4 is 5.32 Å². The summed E-state index contributed by atoms with van der Waals surface area (Å²) in [7, 11) is 3.81. The molecule has 0 bridgehead atoms. The summed E-state index contributed by atoms with van der Waals surface area (Å²) >= 11 is 1.75. The molecule has 0 aliphatic heterocycles. The SMILES string of the molecule is CN=C(NCc1ncc(C(C)(C)C)o1)N(C)Cc1ccc(SC)cc1. The zero-order chi connectivity index (χ0) is 18.4. The highest BCUT2D eigenvalue weighted by Gasteiger charge is 2.19. The molecule has 0 unspecified atom stereocenters. The minimum absolute atomic E-state index is 0.0351. The van der Waals surface area contributed by atoms with Crippen LogP contribution in [0.15, 0.2) is 44.8 Å². The van der Waals surface area contributed by atoms with Gasteiger partial charge in [-0.2, -0.15) is 0 Å². The molecule has 6 heteroatoms. The number of hydrogen-bond acceptors (Lipinski definition) is 4. The van der Waals surface area contributed by atoms with Crippen LogP contribution in [-0.4, -0.2) is 36.2 Å². The molecule has 0 aliphatic carbocycles. The lowest BCUT2D eigenvalue weighted by Gasteiger charge is -2.21. The molecule has 5 nitrogen and oxygen atoms in total. The van der Waals surface area contributed by atoms with Crippen LogP contribution in [0.5, 0.6) is 0 Å². The van der Waals surface area contributed by atoms with E-state index in [0.717, 1.165) is 18.3 Å². The van der Waals surface area contributed by atoms with Crippen molar-refractivity contribution >= 4 is 17.7 Å². The summed E-state index contributed by atoms with van der Waals surface area (Å²) in [6.45, 7) is 7.63. The molecule has 2 rings (SSSR count). The summed E-state index contributed by atoms with van der Waals surface area (Å²) in [5.74, 6) is 2.37. The van der Waals surface area contributed by atoms with Crippen molar-refractivity contribution in [1.82, 2.24) is 15.2 Å². The lowest BCUT2D eigenvalue weighted by Crippen LogP contribution is -2.38. The van der Waals surface area contributed by atoms with Crippen LogP contribution in [0.25, 0.3) is 0 Å². The first-order valence-electron chi connectivity index (χ1n) is 8.33. The van der Waals surface area contributed by atoms with Crippen LogP contribution in [0.3, 0.4) is 0 Å². The van der Waals surface area contributed by atoms with Crippen molar-refractivity contribution in [2.24, 2.45) is 4.99 Å². The lowest BCUT2D eigenvalue weighted by atomic mass is 9.94. The zero-order valence-corrected chi connectivity index (χ0v) is 16.8. The number of benzene rings is 1. The lowest BCUT2D eigenvalue weighted by molar-refractivity contribution is 0.376. The van der Waals surface area contributed by atoms with Gasteiger partial charge in [-0.1, -0.05) is 32.9 Å². The molecule has 0 spiro atoms. The van der Waals surface area contributed by atoms with E-state index in [9.17, 15) is 0 Å². The fourth-order valence-corrected chi connectivity index (χ4v) is 2.77. The second-order valence-corrected chi connectivity index (χ2v) is 7.85. The summed E-state index contributed by atoms with van der Waals surface area (Å²) in [6.07, 6.45) is 3.89. The second-order valence-electron chi connectivity index (χ2n) is 6.97. The molecule has 0 atom stereocenters. The molecule has 1 aromatic heterocycles. The molecule has 136 valence electrons. The van der Waals surface area contributed by atoms with E-state index in [1.165, 1.54) is 10.5 Å². The van der Waals surface area contributed by atoms with Crippen molar-refractivity contribution in [2.75, 3.05) is 20.4 Å². The Balaban J connectivity index is 1.93. The van der Waals surface area contributed by atoms with Crippen molar-refractivity contribution in [3.05, 3.63) is 47.7 Å². The third kappa shape index (κ3) is 5.53. The standard InChI is InChI=1S/C19H28N4OS/c1-19(2,3)16-11-21-17(24-16)12-22-18(20-4)23(5)13-14-7-9-15(25-6)10-8-14/h7-11H,12-13H2,1-6H3,(H,20,22). The van der Waals surface area contributed by atoms with E-state index in [0.29, 0.717) is 12.4 Å². The fourth-order valence-electron chi connectivity index (χ4n) is 2.36. The Bertz CT molecular complexity index is 701. The van der Waals surface area contributed by atoms with Gasteiger partial charge in [0.05, 0.1) is 12.7 Å². The van der Waals surface area contributed by atoms with Gasteiger partial charge in [0.15, 0.2) is 5.96 Å². The minimum atomic E-state index is -0.0351. The predicted octanol–water partition coefficient (Wildman–Crippen LogP) is 3.90. The second kappa shape index (κ2) is 8.43. The van der Waals surface area contributed by atoms with Gasteiger partial charge in [-0.3, -0.25) is 4.99 Å². The smallest absolute Gasteiger partial charge is 0.213 e. The van der Waals surface area contributed by atoms with Gasteiger partial charge in [0.25, 0.3) is 0 Å². The molecule has 0 aliphatic rings. The van der Waals surface area contributed by atoms with Gasteiger partial charge in [0.1, 0.15) is 5.76 Å². The average Bonchev–Trinajstić information content (AvgIpc) is 3.05. The molecule has 1 aromatic carbocycles. The topological polar surface area (TPSA) is 53.7 Å². The van der Waals surface area contributed by atoms with Crippen LogP contribution in [0.4, 0.5) is 0 Å². The number of nitrogens with zero attached hydrogens (tertiary/aromatic N) is 3. The molecule has 2 aromatic rings. The van der Waals surface area contributed by atoms with Crippen LogP contribution in [-0.2, 0) is 18.5 Å². The summed E-state index contributed by atoms with van der Waals surface area (Å²) < 4.78 is 5.82. The number of hydrogen-bond donors (Lipinski definition) is 1. The fraction of sp³-hybridized carbons (Fsp3) is 0.474. The third-order valence-electron chi connectivity index (χ3n) is 3.84. The molecule has 0 saturated heterocycles. The van der Waals surface area contributed by atoms with Gasteiger partial charge < -0.3 is 14.6 Å². The maximum Gasteiger partial charge on any atom is 0.213 e. The number of aromatic nitrogens is 1. The summed E-state index contributed by atoms with van der Waals surface area (Å²) in [5.41, 5.74) is 1.21. The highest BCUT2D eigenvalue weighted by Crippen LogP contribution is 2.22. The zero-order valence-electron chi connectivity index (χ0n) is 16.0. The van der Waals surface area contributed by atoms with Gasteiger partial charge >= 0.3 is 0 Å². The number of guanidine groups is 1. The van der Waals surface area contributed by atoms with Crippen LogP contribution >= 0.6 is 11.8 Å². The molecular formula is C19H28N4OS. The highest BCUT2D eigenvalue weighted by atomic mass is 32.2. The number of thioether (sulfide) groups is 1. The highest BCUT2D eigenvalue weighted by molar-refractivity contribution is 7.98. The van der Waals surface area contributed by atoms with Crippen molar-refractivity contribution < 1.29 is 4.42 Å². The van der Waals surface area contributed by atoms with E-state index in [2.05, 4.69) is 71.5 Å². The average molecular weight is 361 g/mol. The molecule has 0 radical (unpaired) electrons. The van der Waals surface area contributed by atoms with Crippen molar-refractivity contribution in [2.45, 2.75) is 44.2 Å². The number of nitrogens with one attached hydrogen (secondary N) is 1. The monoisotopic (exact) mass is 360 g/mol. The van der Waals surface area contributed by atoms with E-state index in [1.54, 1.807) is 25.0 Å². The normalized spacial score (nSPS) is 12.3. The molecule has 0 saturated carbocycles. The first kappa shape index (κ1) is 19.4. The van der Waals surface area contributed by atoms with Crippen molar-refractivity contribution in [3.8, 4) is 0 Å². The summed E-state index contributed by atoms with van der Waals surface area (Å²) in [6, 6.07) is 8.59. The van der Waals surface area contributed by atoms with E-state index < -0.39 is 0 Å². The maximum absolute atomic E-state index is 5.82. The Kier molecular flexibility index (Phi) is 6.53. The summed E-state index contributed by atoms with van der Waals surface area (Å²) in [4.78, 5) is 12.0. The van der Waals surface area contributed by atoms with Crippen LogP contribution in [0.1, 0.15) is 38.0 Å². The Labute approximate surface area is 154 Å². The van der Waals surface area contributed by atoms with Gasteiger partial charge in [0.2, 0.25) is 5.89 Å². The van der Waals surface area contributed by atoms with E-state index in [4.69, 9.17) is 4.42 Å². The van der Waals surface area contributed by atoms with Crippen LogP contribution in [0.2, 0.25) is 0 Å². The third-order valence-corrected chi connectivity index (χ3v) is 4.59. The largest absolute Gasteiger partial charge is 0.443 e. The first-order valence-corrected chi connectivity index (χ1v) is 9.56. The van der Waals surface area contributed by atoms with E-state index >= 15 is 0 Å². The first-order chi connectivity index (χ1) is 11.8. The molecule has 1 heterocycles. The van der Waals surface area contributed by atoms with Gasteiger partial charge in [-0.15, -0.1) is 11.8 Å². The number of rotatable bonds is 5. The maximum atomic E-state index is 5.82. The van der Waals surface area contributed by atoms with E-state index in [-0.39, 0.29) is 5.41 Å².